The second-order valence-corrected chi connectivity index (χ2v) is 4.08. The molecule has 0 aliphatic heterocycles. The van der Waals surface area contributed by atoms with E-state index in [-0.39, 0.29) is 5.84 Å². The van der Waals surface area contributed by atoms with Gasteiger partial charge in [-0.2, -0.15) is 11.8 Å². The van der Waals surface area contributed by atoms with E-state index in [4.69, 9.17) is 11.1 Å². The lowest BCUT2D eigenvalue weighted by Crippen LogP contribution is -2.15. The normalized spacial score (nSPS) is 10.1. The van der Waals surface area contributed by atoms with Gasteiger partial charge in [0.25, 0.3) is 0 Å². The van der Waals surface area contributed by atoms with Gasteiger partial charge in [-0.25, -0.2) is 0 Å². The molecule has 0 unspecified atom stereocenters. The van der Waals surface area contributed by atoms with Crippen molar-refractivity contribution < 1.29 is 0 Å². The van der Waals surface area contributed by atoms with Crippen LogP contribution >= 0.6 is 11.8 Å². The Hall–Kier alpha value is -1.03. The zero-order valence-electron chi connectivity index (χ0n) is 8.29. The lowest BCUT2D eigenvalue weighted by molar-refractivity contribution is 1.10. The smallest absolute Gasteiger partial charge is 0.142 e. The lowest BCUT2D eigenvalue weighted by atomic mass is 10.2. The molecular formula is C10H15N3S. The average Bonchev–Trinajstić information content (AvgIpc) is 2.19. The van der Waals surface area contributed by atoms with Crippen molar-refractivity contribution in [2.75, 3.05) is 5.75 Å². The van der Waals surface area contributed by atoms with Crippen LogP contribution in [0, 0.1) is 5.41 Å². The molecule has 0 saturated carbocycles. The molecule has 1 heterocycles. The van der Waals surface area contributed by atoms with E-state index in [0.717, 1.165) is 17.1 Å². The summed E-state index contributed by atoms with van der Waals surface area (Å²) in [6, 6.07) is 3.86. The van der Waals surface area contributed by atoms with Gasteiger partial charge >= 0.3 is 0 Å². The zero-order chi connectivity index (χ0) is 10.4. The molecule has 0 saturated heterocycles. The number of nitrogen functional groups attached to an aromatic ring is 1. The second-order valence-electron chi connectivity index (χ2n) is 2.98. The Morgan fingerprint density at radius 3 is 3.07 bits per heavy atom. The van der Waals surface area contributed by atoms with Gasteiger partial charge in [0.1, 0.15) is 11.5 Å². The number of aromatic nitrogens is 1. The molecule has 0 fully saturated rings. The van der Waals surface area contributed by atoms with Crippen LogP contribution in [-0.2, 0) is 5.75 Å². The van der Waals surface area contributed by atoms with Gasteiger partial charge in [0.2, 0.25) is 0 Å². The van der Waals surface area contributed by atoms with Crippen molar-refractivity contribution in [2.24, 2.45) is 5.73 Å². The predicted octanol–water partition coefficient (Wildman–Crippen LogP) is 2.01. The van der Waals surface area contributed by atoms with Gasteiger partial charge in [-0.15, -0.1) is 0 Å². The van der Waals surface area contributed by atoms with Gasteiger partial charge in [0.15, 0.2) is 0 Å². The Morgan fingerprint density at radius 1 is 1.64 bits per heavy atom. The van der Waals surface area contributed by atoms with Crippen molar-refractivity contribution in [1.29, 1.82) is 5.41 Å². The highest BCUT2D eigenvalue weighted by Crippen LogP contribution is 2.15. The molecule has 14 heavy (non-hydrogen) atoms. The number of nitrogens with one attached hydrogen (secondary N) is 1. The van der Waals surface area contributed by atoms with E-state index in [1.165, 1.54) is 6.42 Å². The Bertz CT molecular complexity index is 312. The van der Waals surface area contributed by atoms with Crippen LogP contribution in [0.15, 0.2) is 18.3 Å². The summed E-state index contributed by atoms with van der Waals surface area (Å²) in [6.07, 6.45) is 2.84. The van der Waals surface area contributed by atoms with E-state index >= 15 is 0 Å². The molecule has 0 amide bonds. The molecule has 76 valence electrons. The van der Waals surface area contributed by atoms with Gasteiger partial charge in [-0.05, 0) is 23.8 Å². The fourth-order valence-corrected chi connectivity index (χ4v) is 2.01. The minimum absolute atomic E-state index is 0.0534. The molecule has 0 radical (unpaired) electrons. The summed E-state index contributed by atoms with van der Waals surface area (Å²) in [7, 11) is 0. The van der Waals surface area contributed by atoms with Crippen LogP contribution in [0.25, 0.3) is 0 Å². The molecule has 4 heteroatoms. The van der Waals surface area contributed by atoms with Gasteiger partial charge < -0.3 is 5.73 Å². The summed E-state index contributed by atoms with van der Waals surface area (Å²) in [4.78, 5) is 4.09. The quantitative estimate of drug-likeness (QED) is 0.443. The Kier molecular flexibility index (Phi) is 4.46. The maximum atomic E-state index is 7.36. The first kappa shape index (κ1) is 11.0. The van der Waals surface area contributed by atoms with Crippen LogP contribution in [-0.4, -0.2) is 16.6 Å². The largest absolute Gasteiger partial charge is 0.382 e. The number of pyridine rings is 1. The maximum absolute atomic E-state index is 7.36. The Balaban J connectivity index is 2.69. The molecule has 0 spiro atoms. The van der Waals surface area contributed by atoms with Crippen molar-refractivity contribution in [3.8, 4) is 0 Å². The highest BCUT2D eigenvalue weighted by molar-refractivity contribution is 7.98. The Morgan fingerprint density at radius 2 is 2.43 bits per heavy atom. The molecule has 1 aromatic rings. The highest BCUT2D eigenvalue weighted by atomic mass is 32.2. The summed E-state index contributed by atoms with van der Waals surface area (Å²) in [6.45, 7) is 2.15. The molecule has 0 aliphatic carbocycles. The summed E-state index contributed by atoms with van der Waals surface area (Å²) >= 11 is 1.85. The second kappa shape index (κ2) is 5.65. The SMILES string of the molecule is CCCSCc1cccnc1C(=N)N. The Labute approximate surface area is 88.6 Å². The van der Waals surface area contributed by atoms with Crippen LogP contribution in [0.2, 0.25) is 0 Å². The summed E-state index contributed by atoms with van der Waals surface area (Å²) < 4.78 is 0. The molecular weight excluding hydrogens is 194 g/mol. The molecule has 0 aromatic carbocycles. The standard InChI is InChI=1S/C10H15N3S/c1-2-6-14-7-8-4-3-5-13-9(8)10(11)12/h3-5H,2,6-7H2,1H3,(H3,11,12). The van der Waals surface area contributed by atoms with Crippen LogP contribution in [0.1, 0.15) is 24.6 Å². The van der Waals surface area contributed by atoms with E-state index in [1.54, 1.807) is 6.20 Å². The minimum atomic E-state index is 0.0534. The third kappa shape index (κ3) is 3.03. The zero-order valence-corrected chi connectivity index (χ0v) is 9.10. The maximum Gasteiger partial charge on any atom is 0.142 e. The van der Waals surface area contributed by atoms with Gasteiger partial charge in [-0.3, -0.25) is 10.4 Å². The molecule has 0 bridgehead atoms. The van der Waals surface area contributed by atoms with Crippen LogP contribution in [0.3, 0.4) is 0 Å². The fourth-order valence-electron chi connectivity index (χ4n) is 1.12. The number of hydrogen-bond acceptors (Lipinski definition) is 3. The van der Waals surface area contributed by atoms with Crippen LogP contribution in [0.4, 0.5) is 0 Å². The molecule has 0 atom stereocenters. The van der Waals surface area contributed by atoms with Crippen molar-refractivity contribution in [1.82, 2.24) is 4.98 Å². The van der Waals surface area contributed by atoms with Crippen LogP contribution in [0.5, 0.6) is 0 Å². The number of hydrogen-bond donors (Lipinski definition) is 2. The number of thioether (sulfide) groups is 1. The van der Waals surface area contributed by atoms with E-state index < -0.39 is 0 Å². The minimum Gasteiger partial charge on any atom is -0.382 e. The number of nitrogens with zero attached hydrogens (tertiary/aromatic N) is 1. The third-order valence-corrected chi connectivity index (χ3v) is 2.96. The monoisotopic (exact) mass is 209 g/mol. The molecule has 3 N–H and O–H groups in total. The molecule has 0 aliphatic rings. The van der Waals surface area contributed by atoms with Crippen molar-refractivity contribution in [3.63, 3.8) is 0 Å². The predicted molar refractivity (Wildman–Crippen MR) is 61.7 cm³/mol. The van der Waals surface area contributed by atoms with E-state index in [1.807, 2.05) is 23.9 Å². The van der Waals surface area contributed by atoms with E-state index in [2.05, 4.69) is 11.9 Å². The lowest BCUT2D eigenvalue weighted by Gasteiger charge is -2.05. The van der Waals surface area contributed by atoms with Crippen molar-refractivity contribution in [3.05, 3.63) is 29.6 Å². The first-order valence-electron chi connectivity index (χ1n) is 4.61. The topological polar surface area (TPSA) is 62.8 Å². The number of amidine groups is 1. The molecule has 3 nitrogen and oxygen atoms in total. The summed E-state index contributed by atoms with van der Waals surface area (Å²) in [5.74, 6) is 2.07. The average molecular weight is 209 g/mol. The van der Waals surface area contributed by atoms with Crippen LogP contribution < -0.4 is 5.73 Å². The first-order chi connectivity index (χ1) is 6.75. The summed E-state index contributed by atoms with van der Waals surface area (Å²) in [5, 5.41) is 7.36. The molecule has 1 aromatic heterocycles. The number of nitrogens with two attached hydrogens (primary N) is 1. The van der Waals surface area contributed by atoms with E-state index in [0.29, 0.717) is 5.69 Å². The fraction of sp³-hybridized carbons (Fsp3) is 0.400. The summed E-state index contributed by atoms with van der Waals surface area (Å²) in [5.41, 5.74) is 7.11. The first-order valence-corrected chi connectivity index (χ1v) is 5.77. The van der Waals surface area contributed by atoms with E-state index in [9.17, 15) is 0 Å². The van der Waals surface area contributed by atoms with Crippen molar-refractivity contribution in [2.45, 2.75) is 19.1 Å². The third-order valence-electron chi connectivity index (χ3n) is 1.75. The molecule has 1 rings (SSSR count). The van der Waals surface area contributed by atoms with Gasteiger partial charge in [0.05, 0.1) is 0 Å². The van der Waals surface area contributed by atoms with Gasteiger partial charge in [0, 0.05) is 11.9 Å². The highest BCUT2D eigenvalue weighted by Gasteiger charge is 2.05. The van der Waals surface area contributed by atoms with Gasteiger partial charge in [-0.1, -0.05) is 13.0 Å². The van der Waals surface area contributed by atoms with Crippen molar-refractivity contribution >= 4 is 17.6 Å². The number of rotatable bonds is 5.